The molecule has 1 aromatic heterocycles. The molecule has 0 atom stereocenters. The predicted molar refractivity (Wildman–Crippen MR) is 73.0 cm³/mol. The van der Waals surface area contributed by atoms with Gasteiger partial charge >= 0.3 is 0 Å². The van der Waals surface area contributed by atoms with Gasteiger partial charge in [-0.15, -0.1) is 0 Å². The molecule has 1 aromatic rings. The molecule has 0 saturated heterocycles. The standard InChI is InChI=1S/C11H16Br2N2/c1-8-5-9(13)6-14-10(8)15(4)11(2,3)7-12/h5-6H,7H2,1-4H3. The lowest BCUT2D eigenvalue weighted by atomic mass is 10.1. The Morgan fingerprint density at radius 1 is 1.47 bits per heavy atom. The van der Waals surface area contributed by atoms with Gasteiger partial charge in [-0.3, -0.25) is 0 Å². The van der Waals surface area contributed by atoms with E-state index in [1.807, 2.05) is 6.20 Å². The molecule has 0 aromatic carbocycles. The molecule has 0 aliphatic heterocycles. The molecule has 2 nitrogen and oxygen atoms in total. The van der Waals surface area contributed by atoms with Crippen LogP contribution in [0, 0.1) is 6.92 Å². The van der Waals surface area contributed by atoms with Gasteiger partial charge in [0.2, 0.25) is 0 Å². The Bertz CT molecular complexity index is 350. The zero-order chi connectivity index (χ0) is 11.6. The molecule has 4 heteroatoms. The molecule has 0 spiro atoms. The Kier molecular flexibility index (Phi) is 4.18. The summed E-state index contributed by atoms with van der Waals surface area (Å²) in [5, 5.41) is 0.910. The third kappa shape index (κ3) is 2.94. The molecule has 0 saturated carbocycles. The number of halogens is 2. The average Bonchev–Trinajstić information content (AvgIpc) is 2.17. The average molecular weight is 336 g/mol. The first-order valence-electron chi connectivity index (χ1n) is 4.80. The second kappa shape index (κ2) is 4.83. The number of aryl methyl sites for hydroxylation is 1. The Hall–Kier alpha value is -0.0900. The van der Waals surface area contributed by atoms with E-state index in [2.05, 4.69) is 75.6 Å². The number of pyridine rings is 1. The fourth-order valence-corrected chi connectivity index (χ4v) is 2.08. The molecule has 0 radical (unpaired) electrons. The van der Waals surface area contributed by atoms with Crippen molar-refractivity contribution in [2.24, 2.45) is 0 Å². The maximum Gasteiger partial charge on any atom is 0.131 e. The van der Waals surface area contributed by atoms with Crippen LogP contribution < -0.4 is 4.90 Å². The normalized spacial score (nSPS) is 11.6. The van der Waals surface area contributed by atoms with Crippen molar-refractivity contribution < 1.29 is 0 Å². The number of nitrogens with zero attached hydrogens (tertiary/aromatic N) is 2. The third-order valence-corrected chi connectivity index (χ3v) is 4.38. The SMILES string of the molecule is Cc1cc(Br)cnc1N(C)C(C)(C)CBr. The maximum atomic E-state index is 4.45. The second-order valence-corrected chi connectivity index (χ2v) is 5.78. The molecule has 1 rings (SSSR count). The fourth-order valence-electron chi connectivity index (χ4n) is 1.26. The van der Waals surface area contributed by atoms with E-state index in [1.165, 1.54) is 5.56 Å². The summed E-state index contributed by atoms with van der Waals surface area (Å²) in [6.07, 6.45) is 1.84. The minimum absolute atomic E-state index is 0.0611. The number of hydrogen-bond acceptors (Lipinski definition) is 2. The summed E-state index contributed by atoms with van der Waals surface area (Å²) in [5.74, 6) is 1.03. The molecular weight excluding hydrogens is 320 g/mol. The van der Waals surface area contributed by atoms with E-state index in [9.17, 15) is 0 Å². The Balaban J connectivity index is 3.06. The van der Waals surface area contributed by atoms with Crippen LogP contribution in [0.25, 0.3) is 0 Å². The van der Waals surface area contributed by atoms with Gasteiger partial charge in [-0.1, -0.05) is 15.9 Å². The molecule has 0 amide bonds. The lowest BCUT2D eigenvalue weighted by Crippen LogP contribution is -2.43. The molecular formula is C11H16Br2N2. The minimum atomic E-state index is 0.0611. The highest BCUT2D eigenvalue weighted by Gasteiger charge is 2.24. The van der Waals surface area contributed by atoms with Gasteiger partial charge in [-0.25, -0.2) is 4.98 Å². The van der Waals surface area contributed by atoms with Gasteiger partial charge in [0.15, 0.2) is 0 Å². The van der Waals surface area contributed by atoms with Crippen molar-refractivity contribution in [1.82, 2.24) is 4.98 Å². The first-order chi connectivity index (χ1) is 6.88. The van der Waals surface area contributed by atoms with Crippen molar-refractivity contribution in [3.05, 3.63) is 22.3 Å². The van der Waals surface area contributed by atoms with Crippen LogP contribution in [0.1, 0.15) is 19.4 Å². The third-order valence-electron chi connectivity index (χ3n) is 2.57. The van der Waals surface area contributed by atoms with Crippen LogP contribution in [-0.4, -0.2) is 22.9 Å². The van der Waals surface area contributed by atoms with Crippen molar-refractivity contribution in [2.45, 2.75) is 26.3 Å². The Morgan fingerprint density at radius 3 is 2.53 bits per heavy atom. The predicted octanol–water partition coefficient (Wildman–Crippen LogP) is 3.76. The number of alkyl halides is 1. The molecule has 84 valence electrons. The summed E-state index contributed by atoms with van der Waals surface area (Å²) in [7, 11) is 2.07. The molecule has 15 heavy (non-hydrogen) atoms. The zero-order valence-corrected chi connectivity index (χ0v) is 12.7. The van der Waals surface area contributed by atoms with Crippen LogP contribution in [0.15, 0.2) is 16.7 Å². The summed E-state index contributed by atoms with van der Waals surface area (Å²) in [6, 6.07) is 2.09. The quantitative estimate of drug-likeness (QED) is 0.782. The van der Waals surface area contributed by atoms with E-state index >= 15 is 0 Å². The van der Waals surface area contributed by atoms with E-state index in [1.54, 1.807) is 0 Å². The highest BCUT2D eigenvalue weighted by Crippen LogP contribution is 2.26. The van der Waals surface area contributed by atoms with Gasteiger partial charge in [0, 0.05) is 28.6 Å². The van der Waals surface area contributed by atoms with E-state index in [0.29, 0.717) is 0 Å². The summed E-state index contributed by atoms with van der Waals surface area (Å²) in [5.41, 5.74) is 1.24. The van der Waals surface area contributed by atoms with Crippen LogP contribution in [0.5, 0.6) is 0 Å². The van der Waals surface area contributed by atoms with Gasteiger partial charge in [0.25, 0.3) is 0 Å². The van der Waals surface area contributed by atoms with Crippen LogP contribution in [-0.2, 0) is 0 Å². The molecule has 0 fully saturated rings. The number of rotatable bonds is 3. The first-order valence-corrected chi connectivity index (χ1v) is 6.72. The summed E-state index contributed by atoms with van der Waals surface area (Å²) in [6.45, 7) is 6.45. The van der Waals surface area contributed by atoms with Crippen molar-refractivity contribution >= 4 is 37.7 Å². The van der Waals surface area contributed by atoms with Gasteiger partial charge in [0.05, 0.1) is 0 Å². The zero-order valence-electron chi connectivity index (χ0n) is 9.51. The van der Waals surface area contributed by atoms with Crippen molar-refractivity contribution in [3.8, 4) is 0 Å². The van der Waals surface area contributed by atoms with Gasteiger partial charge in [-0.2, -0.15) is 0 Å². The van der Waals surface area contributed by atoms with Crippen LogP contribution in [0.3, 0.4) is 0 Å². The molecule has 0 N–H and O–H groups in total. The smallest absolute Gasteiger partial charge is 0.131 e. The van der Waals surface area contributed by atoms with Gasteiger partial charge < -0.3 is 4.90 Å². The van der Waals surface area contributed by atoms with Crippen molar-refractivity contribution in [1.29, 1.82) is 0 Å². The van der Waals surface area contributed by atoms with E-state index in [4.69, 9.17) is 0 Å². The monoisotopic (exact) mass is 334 g/mol. The minimum Gasteiger partial charge on any atom is -0.354 e. The highest BCUT2D eigenvalue weighted by atomic mass is 79.9. The number of anilines is 1. The second-order valence-electron chi connectivity index (χ2n) is 4.30. The van der Waals surface area contributed by atoms with Crippen molar-refractivity contribution in [2.75, 3.05) is 17.3 Å². The van der Waals surface area contributed by atoms with E-state index < -0.39 is 0 Å². The topological polar surface area (TPSA) is 16.1 Å². The maximum absolute atomic E-state index is 4.45. The fraction of sp³-hybridized carbons (Fsp3) is 0.545. The summed E-state index contributed by atoms with van der Waals surface area (Å²) >= 11 is 6.95. The van der Waals surface area contributed by atoms with E-state index in [-0.39, 0.29) is 5.54 Å². The lowest BCUT2D eigenvalue weighted by Gasteiger charge is -2.35. The lowest BCUT2D eigenvalue weighted by molar-refractivity contribution is 0.546. The molecule has 1 heterocycles. The molecule has 0 bridgehead atoms. The van der Waals surface area contributed by atoms with Crippen molar-refractivity contribution in [3.63, 3.8) is 0 Å². The summed E-state index contributed by atoms with van der Waals surface area (Å²) < 4.78 is 1.02. The van der Waals surface area contributed by atoms with Crippen LogP contribution in [0.4, 0.5) is 5.82 Å². The van der Waals surface area contributed by atoms with Crippen LogP contribution >= 0.6 is 31.9 Å². The first kappa shape index (κ1) is 13.0. The number of aromatic nitrogens is 1. The van der Waals surface area contributed by atoms with E-state index in [0.717, 1.165) is 15.6 Å². The Morgan fingerprint density at radius 2 is 2.07 bits per heavy atom. The summed E-state index contributed by atoms with van der Waals surface area (Å²) in [4.78, 5) is 6.65. The van der Waals surface area contributed by atoms with Gasteiger partial charge in [-0.05, 0) is 48.3 Å². The number of hydrogen-bond donors (Lipinski definition) is 0. The largest absolute Gasteiger partial charge is 0.354 e. The van der Waals surface area contributed by atoms with Crippen LogP contribution in [0.2, 0.25) is 0 Å². The van der Waals surface area contributed by atoms with Gasteiger partial charge in [0.1, 0.15) is 5.82 Å². The molecule has 0 aliphatic rings. The highest BCUT2D eigenvalue weighted by molar-refractivity contribution is 9.10. The molecule has 0 aliphatic carbocycles. The molecule has 0 unspecified atom stereocenters. The Labute approximate surface area is 108 Å².